The predicted octanol–water partition coefficient (Wildman–Crippen LogP) is 1.47. The Morgan fingerprint density at radius 1 is 1.39 bits per heavy atom. The molecule has 92 valence electrons. The van der Waals surface area contributed by atoms with Crippen molar-refractivity contribution in [3.63, 3.8) is 0 Å². The summed E-state index contributed by atoms with van der Waals surface area (Å²) in [6, 6.07) is 3.75. The number of aromatic nitrogens is 5. The zero-order valence-electron chi connectivity index (χ0n) is 9.87. The van der Waals surface area contributed by atoms with Crippen LogP contribution in [0, 0.1) is 0 Å². The summed E-state index contributed by atoms with van der Waals surface area (Å²) in [5.74, 6) is 0.881. The SMILES string of the molecule is CCCn1c(-c2nonc2N)nc2cccnc21. The molecule has 0 atom stereocenters. The first kappa shape index (κ1) is 10.7. The third-order valence-electron chi connectivity index (χ3n) is 2.68. The van der Waals surface area contributed by atoms with Crippen LogP contribution in [0.25, 0.3) is 22.7 Å². The van der Waals surface area contributed by atoms with Gasteiger partial charge in [-0.25, -0.2) is 14.6 Å². The van der Waals surface area contributed by atoms with Crippen molar-refractivity contribution < 1.29 is 4.63 Å². The van der Waals surface area contributed by atoms with Gasteiger partial charge < -0.3 is 10.3 Å². The maximum atomic E-state index is 5.72. The van der Waals surface area contributed by atoms with E-state index in [1.165, 1.54) is 0 Å². The molecule has 0 aliphatic rings. The molecule has 0 unspecified atom stereocenters. The number of hydrogen-bond acceptors (Lipinski definition) is 6. The van der Waals surface area contributed by atoms with Gasteiger partial charge in [0.2, 0.25) is 0 Å². The zero-order valence-corrected chi connectivity index (χ0v) is 9.87. The Morgan fingerprint density at radius 2 is 2.28 bits per heavy atom. The summed E-state index contributed by atoms with van der Waals surface area (Å²) in [6.45, 7) is 2.87. The van der Waals surface area contributed by atoms with Crippen molar-refractivity contribution in [2.45, 2.75) is 19.9 Å². The van der Waals surface area contributed by atoms with Gasteiger partial charge in [-0.2, -0.15) is 0 Å². The van der Waals surface area contributed by atoms with Crippen LogP contribution in [0.15, 0.2) is 23.0 Å². The maximum absolute atomic E-state index is 5.72. The van der Waals surface area contributed by atoms with Gasteiger partial charge in [0, 0.05) is 12.7 Å². The van der Waals surface area contributed by atoms with E-state index >= 15 is 0 Å². The number of nitrogens with two attached hydrogens (primary N) is 1. The second-order valence-corrected chi connectivity index (χ2v) is 3.93. The topological polar surface area (TPSA) is 95.7 Å². The van der Waals surface area contributed by atoms with E-state index in [-0.39, 0.29) is 5.82 Å². The Bertz CT molecular complexity index is 686. The second kappa shape index (κ2) is 4.10. The molecule has 18 heavy (non-hydrogen) atoms. The van der Waals surface area contributed by atoms with Gasteiger partial charge in [0.25, 0.3) is 0 Å². The summed E-state index contributed by atoms with van der Waals surface area (Å²) in [6.07, 6.45) is 2.70. The molecule has 0 fully saturated rings. The van der Waals surface area contributed by atoms with Crippen LogP contribution >= 0.6 is 0 Å². The summed E-state index contributed by atoms with van der Waals surface area (Å²) < 4.78 is 6.61. The number of aryl methyl sites for hydroxylation is 1. The average Bonchev–Trinajstić information content (AvgIpc) is 2.94. The molecule has 0 spiro atoms. The van der Waals surface area contributed by atoms with Crippen LogP contribution in [0.4, 0.5) is 5.82 Å². The Hall–Kier alpha value is -2.44. The van der Waals surface area contributed by atoms with Crippen molar-refractivity contribution >= 4 is 17.0 Å². The van der Waals surface area contributed by atoms with Crippen LogP contribution < -0.4 is 5.73 Å². The van der Waals surface area contributed by atoms with Crippen LogP contribution in [0.2, 0.25) is 0 Å². The first-order chi connectivity index (χ1) is 8.81. The van der Waals surface area contributed by atoms with Gasteiger partial charge >= 0.3 is 0 Å². The Morgan fingerprint density at radius 3 is 3.00 bits per heavy atom. The van der Waals surface area contributed by atoms with E-state index in [1.54, 1.807) is 6.20 Å². The Labute approximate surface area is 103 Å². The molecular formula is C11H12N6O. The second-order valence-electron chi connectivity index (χ2n) is 3.93. The van der Waals surface area contributed by atoms with Crippen LogP contribution in [0.1, 0.15) is 13.3 Å². The quantitative estimate of drug-likeness (QED) is 0.749. The number of hydrogen-bond donors (Lipinski definition) is 1. The fourth-order valence-corrected chi connectivity index (χ4v) is 1.93. The van der Waals surface area contributed by atoms with Gasteiger partial charge in [-0.15, -0.1) is 0 Å². The molecule has 0 amide bonds. The molecule has 7 heteroatoms. The van der Waals surface area contributed by atoms with Gasteiger partial charge in [-0.1, -0.05) is 6.92 Å². The van der Waals surface area contributed by atoms with Gasteiger partial charge in [0.05, 0.1) is 0 Å². The molecule has 2 N–H and O–H groups in total. The van der Waals surface area contributed by atoms with Crippen LogP contribution in [0.3, 0.4) is 0 Å². The van der Waals surface area contributed by atoms with Crippen LogP contribution in [0.5, 0.6) is 0 Å². The molecule has 3 aromatic rings. The number of imidazole rings is 1. The van der Waals surface area contributed by atoms with Crippen molar-refractivity contribution in [1.82, 2.24) is 24.8 Å². The molecular weight excluding hydrogens is 232 g/mol. The highest BCUT2D eigenvalue weighted by Gasteiger charge is 2.18. The molecule has 0 saturated carbocycles. The Balaban J connectivity index is 2.28. The summed E-state index contributed by atoms with van der Waals surface area (Å²) in [5, 5.41) is 7.38. The lowest BCUT2D eigenvalue weighted by molar-refractivity contribution is 0.310. The van der Waals surface area contributed by atoms with Gasteiger partial charge in [-0.3, -0.25) is 0 Å². The summed E-state index contributed by atoms with van der Waals surface area (Å²) >= 11 is 0. The highest BCUT2D eigenvalue weighted by molar-refractivity contribution is 5.78. The normalized spacial score (nSPS) is 11.2. The zero-order chi connectivity index (χ0) is 12.5. The highest BCUT2D eigenvalue weighted by atomic mass is 16.6. The molecule has 3 heterocycles. The third-order valence-corrected chi connectivity index (χ3v) is 2.68. The number of anilines is 1. The predicted molar refractivity (Wildman–Crippen MR) is 65.5 cm³/mol. The number of rotatable bonds is 3. The van der Waals surface area contributed by atoms with Gasteiger partial charge in [-0.05, 0) is 28.9 Å². The van der Waals surface area contributed by atoms with Gasteiger partial charge in [0.15, 0.2) is 23.0 Å². The van der Waals surface area contributed by atoms with Crippen LogP contribution in [-0.4, -0.2) is 24.8 Å². The van der Waals surface area contributed by atoms with E-state index in [1.807, 2.05) is 16.7 Å². The molecule has 0 aliphatic carbocycles. The lowest BCUT2D eigenvalue weighted by atomic mass is 10.4. The summed E-state index contributed by atoms with van der Waals surface area (Å²) in [5.41, 5.74) is 7.80. The van der Waals surface area contributed by atoms with Crippen molar-refractivity contribution in [1.29, 1.82) is 0 Å². The minimum atomic E-state index is 0.239. The first-order valence-electron chi connectivity index (χ1n) is 5.71. The van der Waals surface area contributed by atoms with E-state index in [0.29, 0.717) is 11.5 Å². The lowest BCUT2D eigenvalue weighted by Crippen LogP contribution is -2.02. The summed E-state index contributed by atoms with van der Waals surface area (Å²) in [4.78, 5) is 8.83. The molecule has 7 nitrogen and oxygen atoms in total. The number of nitrogens with zero attached hydrogens (tertiary/aromatic N) is 5. The van der Waals surface area contributed by atoms with Crippen molar-refractivity contribution in [3.05, 3.63) is 18.3 Å². The minimum absolute atomic E-state index is 0.239. The van der Waals surface area contributed by atoms with E-state index in [0.717, 1.165) is 24.1 Å². The minimum Gasteiger partial charge on any atom is -0.379 e. The van der Waals surface area contributed by atoms with E-state index < -0.39 is 0 Å². The third kappa shape index (κ3) is 1.52. The van der Waals surface area contributed by atoms with E-state index in [2.05, 4.69) is 31.8 Å². The molecule has 3 rings (SSSR count). The molecule has 0 aliphatic heterocycles. The monoisotopic (exact) mass is 244 g/mol. The first-order valence-corrected chi connectivity index (χ1v) is 5.71. The standard InChI is InChI=1S/C11H12N6O/c1-2-6-17-10-7(4-3-5-13-10)14-11(17)8-9(12)16-18-15-8/h3-5H,2,6H2,1H3,(H2,12,16). The smallest absolute Gasteiger partial charge is 0.199 e. The van der Waals surface area contributed by atoms with Gasteiger partial charge in [0.1, 0.15) is 5.52 Å². The highest BCUT2D eigenvalue weighted by Crippen LogP contribution is 2.25. The molecule has 3 aromatic heterocycles. The number of fused-ring (bicyclic) bond motifs is 1. The lowest BCUT2D eigenvalue weighted by Gasteiger charge is -2.04. The maximum Gasteiger partial charge on any atom is 0.199 e. The molecule has 0 saturated heterocycles. The van der Waals surface area contributed by atoms with Crippen molar-refractivity contribution in [2.75, 3.05) is 5.73 Å². The fraction of sp³-hybridized carbons (Fsp3) is 0.273. The fourth-order valence-electron chi connectivity index (χ4n) is 1.93. The Kier molecular flexibility index (Phi) is 2.44. The van der Waals surface area contributed by atoms with Crippen LogP contribution in [-0.2, 0) is 6.54 Å². The van der Waals surface area contributed by atoms with Crippen molar-refractivity contribution in [3.8, 4) is 11.5 Å². The van der Waals surface area contributed by atoms with Crippen molar-refractivity contribution in [2.24, 2.45) is 0 Å². The summed E-state index contributed by atoms with van der Waals surface area (Å²) in [7, 11) is 0. The molecule has 0 bridgehead atoms. The molecule has 0 aromatic carbocycles. The van der Waals surface area contributed by atoms with E-state index in [4.69, 9.17) is 5.73 Å². The molecule has 0 radical (unpaired) electrons. The number of nitrogen functional groups attached to an aromatic ring is 1. The average molecular weight is 244 g/mol. The largest absolute Gasteiger partial charge is 0.379 e. The van der Waals surface area contributed by atoms with E-state index in [9.17, 15) is 0 Å². The number of pyridine rings is 1.